The summed E-state index contributed by atoms with van der Waals surface area (Å²) < 4.78 is 0.743. The Morgan fingerprint density at radius 3 is 2.86 bits per heavy atom. The first-order valence-corrected chi connectivity index (χ1v) is 7.32. The number of benzene rings is 1. The number of fused-ring (bicyclic) bond motifs is 1. The summed E-state index contributed by atoms with van der Waals surface area (Å²) in [4.78, 5) is 27.7. The van der Waals surface area contributed by atoms with Crippen LogP contribution in [0.25, 0.3) is 10.2 Å². The van der Waals surface area contributed by atoms with Crippen LogP contribution in [0.3, 0.4) is 0 Å². The van der Waals surface area contributed by atoms with Crippen LogP contribution in [0.2, 0.25) is 0 Å². The molecule has 1 atom stereocenters. The standard InChI is InChI=1S/C13H15N3O4S/c1-3-15(8(2)6-11(17)18)9-4-5-10-12(14-7-21-10)13(9)16(19)20/h4-5,7-8H,3,6H2,1-2H3,(H,17,18). The zero-order valence-corrected chi connectivity index (χ0v) is 12.5. The maximum atomic E-state index is 11.4. The van der Waals surface area contributed by atoms with Crippen LogP contribution in [0.4, 0.5) is 11.4 Å². The molecule has 0 bridgehead atoms. The molecular formula is C13H15N3O4S. The number of nitro benzene ring substituents is 1. The Balaban J connectivity index is 2.54. The van der Waals surface area contributed by atoms with Gasteiger partial charge in [0.05, 0.1) is 21.6 Å². The zero-order valence-electron chi connectivity index (χ0n) is 11.6. The molecule has 0 aliphatic carbocycles. The van der Waals surface area contributed by atoms with Crippen molar-refractivity contribution < 1.29 is 14.8 Å². The minimum absolute atomic E-state index is 0.0622. The number of thiazole rings is 1. The first kappa shape index (κ1) is 15.2. The molecule has 1 heterocycles. The minimum Gasteiger partial charge on any atom is -0.481 e. The Morgan fingerprint density at radius 2 is 2.29 bits per heavy atom. The molecule has 112 valence electrons. The lowest BCUT2D eigenvalue weighted by Gasteiger charge is -2.28. The van der Waals surface area contributed by atoms with E-state index in [1.165, 1.54) is 11.3 Å². The van der Waals surface area contributed by atoms with Crippen LogP contribution >= 0.6 is 11.3 Å². The summed E-state index contributed by atoms with van der Waals surface area (Å²) in [6.45, 7) is 4.06. The van der Waals surface area contributed by atoms with E-state index in [9.17, 15) is 14.9 Å². The van der Waals surface area contributed by atoms with Crippen LogP contribution in [0.15, 0.2) is 17.6 Å². The monoisotopic (exact) mass is 309 g/mol. The molecule has 8 heteroatoms. The third-order valence-electron chi connectivity index (χ3n) is 3.29. The second kappa shape index (κ2) is 6.04. The minimum atomic E-state index is -0.932. The van der Waals surface area contributed by atoms with Crippen LogP contribution in [0.5, 0.6) is 0 Å². The van der Waals surface area contributed by atoms with E-state index in [2.05, 4.69) is 4.98 Å². The van der Waals surface area contributed by atoms with Gasteiger partial charge in [-0.1, -0.05) is 0 Å². The molecule has 2 rings (SSSR count). The van der Waals surface area contributed by atoms with E-state index in [1.54, 1.807) is 29.5 Å². The van der Waals surface area contributed by atoms with Crippen molar-refractivity contribution in [2.45, 2.75) is 26.3 Å². The van der Waals surface area contributed by atoms with Gasteiger partial charge >= 0.3 is 11.7 Å². The number of nitro groups is 1. The van der Waals surface area contributed by atoms with E-state index in [4.69, 9.17) is 5.11 Å². The average Bonchev–Trinajstić information content (AvgIpc) is 2.85. The predicted octanol–water partition coefficient (Wildman–Crippen LogP) is 2.89. The molecule has 0 fully saturated rings. The number of carboxylic acid groups (broad SMARTS) is 1. The van der Waals surface area contributed by atoms with Gasteiger partial charge in [0.2, 0.25) is 0 Å². The number of nitrogens with zero attached hydrogens (tertiary/aromatic N) is 3. The van der Waals surface area contributed by atoms with Gasteiger partial charge in [0, 0.05) is 12.6 Å². The number of rotatable bonds is 6. The summed E-state index contributed by atoms with van der Waals surface area (Å²) in [7, 11) is 0. The Morgan fingerprint density at radius 1 is 1.57 bits per heavy atom. The Labute approximate surface area is 125 Å². The molecule has 2 aromatic rings. The molecule has 7 nitrogen and oxygen atoms in total. The van der Waals surface area contributed by atoms with Crippen molar-refractivity contribution in [1.29, 1.82) is 0 Å². The molecule has 1 aromatic heterocycles. The van der Waals surface area contributed by atoms with Crippen LogP contribution in [-0.4, -0.2) is 33.6 Å². The van der Waals surface area contributed by atoms with Gasteiger partial charge in [-0.15, -0.1) is 11.3 Å². The third kappa shape index (κ3) is 2.94. The molecule has 0 aliphatic heterocycles. The highest BCUT2D eigenvalue weighted by molar-refractivity contribution is 7.16. The van der Waals surface area contributed by atoms with Crippen molar-refractivity contribution >= 4 is 38.9 Å². The summed E-state index contributed by atoms with van der Waals surface area (Å²) in [6, 6.07) is 3.11. The van der Waals surface area contributed by atoms with E-state index in [0.717, 1.165) is 4.70 Å². The topological polar surface area (TPSA) is 96.6 Å². The van der Waals surface area contributed by atoms with Crippen molar-refractivity contribution in [3.8, 4) is 0 Å². The van der Waals surface area contributed by atoms with Gasteiger partial charge in [-0.05, 0) is 26.0 Å². The number of carbonyl (C=O) groups is 1. The lowest BCUT2D eigenvalue weighted by Crippen LogP contribution is -2.35. The van der Waals surface area contributed by atoms with Gasteiger partial charge in [0.1, 0.15) is 5.69 Å². The fourth-order valence-electron chi connectivity index (χ4n) is 2.40. The zero-order chi connectivity index (χ0) is 15.6. The second-order valence-corrected chi connectivity index (χ2v) is 5.51. The lowest BCUT2D eigenvalue weighted by atomic mass is 10.1. The number of aromatic nitrogens is 1. The maximum Gasteiger partial charge on any atom is 0.319 e. The molecule has 0 saturated carbocycles. The molecule has 0 aliphatic rings. The summed E-state index contributed by atoms with van der Waals surface area (Å²) in [5.41, 5.74) is 2.27. The number of anilines is 1. The number of aliphatic carboxylic acids is 1. The first-order valence-electron chi connectivity index (χ1n) is 6.44. The number of hydrogen-bond donors (Lipinski definition) is 1. The van der Waals surface area contributed by atoms with E-state index >= 15 is 0 Å². The highest BCUT2D eigenvalue weighted by atomic mass is 32.1. The largest absolute Gasteiger partial charge is 0.481 e. The van der Waals surface area contributed by atoms with Crippen molar-refractivity contribution in [2.24, 2.45) is 0 Å². The van der Waals surface area contributed by atoms with Crippen molar-refractivity contribution in [3.05, 3.63) is 27.8 Å². The number of hydrogen-bond acceptors (Lipinski definition) is 6. The van der Waals surface area contributed by atoms with E-state index in [1.807, 2.05) is 6.92 Å². The van der Waals surface area contributed by atoms with Crippen LogP contribution < -0.4 is 4.90 Å². The fourth-order valence-corrected chi connectivity index (χ4v) is 3.08. The molecule has 0 spiro atoms. The molecule has 1 unspecified atom stereocenters. The van der Waals surface area contributed by atoms with Crippen LogP contribution in [0.1, 0.15) is 20.3 Å². The molecule has 1 aromatic carbocycles. The van der Waals surface area contributed by atoms with Gasteiger partial charge < -0.3 is 10.0 Å². The lowest BCUT2D eigenvalue weighted by molar-refractivity contribution is -0.382. The van der Waals surface area contributed by atoms with E-state index in [-0.39, 0.29) is 18.2 Å². The first-order chi connectivity index (χ1) is 9.95. The quantitative estimate of drug-likeness (QED) is 0.651. The molecular weight excluding hydrogens is 294 g/mol. The Kier molecular flexibility index (Phi) is 4.37. The number of carboxylic acids is 1. The molecule has 21 heavy (non-hydrogen) atoms. The molecule has 0 radical (unpaired) electrons. The van der Waals surface area contributed by atoms with Gasteiger partial charge in [-0.25, -0.2) is 4.98 Å². The molecule has 0 saturated heterocycles. The van der Waals surface area contributed by atoms with Gasteiger partial charge in [0.25, 0.3) is 0 Å². The fraction of sp³-hybridized carbons (Fsp3) is 0.385. The summed E-state index contributed by atoms with van der Waals surface area (Å²) in [5, 5.41) is 20.3. The summed E-state index contributed by atoms with van der Waals surface area (Å²) in [5.74, 6) is -0.932. The van der Waals surface area contributed by atoms with Crippen molar-refractivity contribution in [1.82, 2.24) is 4.98 Å². The average molecular weight is 309 g/mol. The third-order valence-corrected chi connectivity index (χ3v) is 4.08. The highest BCUT2D eigenvalue weighted by Crippen LogP contribution is 2.37. The highest BCUT2D eigenvalue weighted by Gasteiger charge is 2.27. The smallest absolute Gasteiger partial charge is 0.319 e. The van der Waals surface area contributed by atoms with E-state index < -0.39 is 10.9 Å². The normalized spacial score (nSPS) is 12.3. The van der Waals surface area contributed by atoms with Gasteiger partial charge in [-0.3, -0.25) is 14.9 Å². The maximum absolute atomic E-state index is 11.4. The van der Waals surface area contributed by atoms with Crippen molar-refractivity contribution in [2.75, 3.05) is 11.4 Å². The Bertz CT molecular complexity index is 685. The second-order valence-electron chi connectivity index (χ2n) is 4.62. The van der Waals surface area contributed by atoms with Gasteiger partial charge in [0.15, 0.2) is 5.52 Å². The van der Waals surface area contributed by atoms with Crippen molar-refractivity contribution in [3.63, 3.8) is 0 Å². The van der Waals surface area contributed by atoms with E-state index in [0.29, 0.717) is 17.7 Å². The van der Waals surface area contributed by atoms with Crippen LogP contribution in [0, 0.1) is 10.1 Å². The summed E-state index contributed by atoms with van der Waals surface area (Å²) in [6.07, 6.45) is -0.0832. The van der Waals surface area contributed by atoms with Gasteiger partial charge in [-0.2, -0.15) is 0 Å². The SMILES string of the molecule is CCN(c1ccc2scnc2c1[N+](=O)[O-])C(C)CC(=O)O. The molecule has 1 N–H and O–H groups in total. The molecule has 0 amide bonds. The summed E-state index contributed by atoms with van der Waals surface area (Å²) >= 11 is 1.34. The Hall–Kier alpha value is -2.22. The van der Waals surface area contributed by atoms with Crippen LogP contribution in [-0.2, 0) is 4.79 Å². The predicted molar refractivity (Wildman–Crippen MR) is 81.0 cm³/mol.